The standard InChI is InChI=1S/C28H29F5N2O3S/c1-38-19-2-3-23-20(14-19)25(17(15-29)16-34-23)21(31)4-5-28(27(36)37)6-8-35(9-7-28)10-11-39-24-13-18(30)12-22(32)26(24)33/h2-3,12-14,16,21H,4-11,15H2,1H3,(H,36,37)/t21-/m0/s1. The Balaban J connectivity index is 1.39. The van der Waals surface area contributed by atoms with E-state index < -0.39 is 41.7 Å². The summed E-state index contributed by atoms with van der Waals surface area (Å²) in [4.78, 5) is 18.4. The minimum absolute atomic E-state index is 0.0688. The van der Waals surface area contributed by atoms with Crippen LogP contribution in [0.1, 0.15) is 43.0 Å². The summed E-state index contributed by atoms with van der Waals surface area (Å²) < 4.78 is 75.4. The van der Waals surface area contributed by atoms with Gasteiger partial charge < -0.3 is 14.7 Å². The summed E-state index contributed by atoms with van der Waals surface area (Å²) in [6.45, 7) is 0.414. The van der Waals surface area contributed by atoms with Crippen molar-refractivity contribution >= 4 is 28.6 Å². The van der Waals surface area contributed by atoms with E-state index in [4.69, 9.17) is 4.74 Å². The van der Waals surface area contributed by atoms with Crippen molar-refractivity contribution in [3.05, 3.63) is 65.1 Å². The number of carboxylic acid groups (broad SMARTS) is 1. The van der Waals surface area contributed by atoms with Crippen molar-refractivity contribution in [1.82, 2.24) is 9.88 Å². The third kappa shape index (κ3) is 6.46. The molecule has 1 aromatic heterocycles. The first kappa shape index (κ1) is 29.1. The summed E-state index contributed by atoms with van der Waals surface area (Å²) in [5.74, 6) is -3.37. The van der Waals surface area contributed by atoms with Crippen LogP contribution < -0.4 is 4.74 Å². The Morgan fingerprint density at radius 1 is 1.21 bits per heavy atom. The fourth-order valence-electron chi connectivity index (χ4n) is 5.08. The zero-order valence-electron chi connectivity index (χ0n) is 21.4. The number of halogens is 5. The van der Waals surface area contributed by atoms with E-state index in [1.165, 1.54) is 13.3 Å². The highest BCUT2D eigenvalue weighted by molar-refractivity contribution is 7.99. The van der Waals surface area contributed by atoms with Gasteiger partial charge in [0.1, 0.15) is 24.4 Å². The maximum Gasteiger partial charge on any atom is 0.309 e. The van der Waals surface area contributed by atoms with Gasteiger partial charge in [0.05, 0.1) is 18.0 Å². The Kier molecular flexibility index (Phi) is 9.32. The molecular weight excluding hydrogens is 539 g/mol. The number of methoxy groups -OCH3 is 1. The molecule has 11 heteroatoms. The van der Waals surface area contributed by atoms with Crippen molar-refractivity contribution in [2.24, 2.45) is 5.41 Å². The van der Waals surface area contributed by atoms with E-state index in [1.807, 2.05) is 4.90 Å². The van der Waals surface area contributed by atoms with E-state index >= 15 is 4.39 Å². The van der Waals surface area contributed by atoms with Crippen LogP contribution in [0.25, 0.3) is 10.9 Å². The Morgan fingerprint density at radius 3 is 2.62 bits per heavy atom. The van der Waals surface area contributed by atoms with Crippen molar-refractivity contribution in [2.75, 3.05) is 32.5 Å². The lowest BCUT2D eigenvalue weighted by Crippen LogP contribution is -2.45. The number of pyridine rings is 1. The van der Waals surface area contributed by atoms with Crippen LogP contribution in [0.5, 0.6) is 5.75 Å². The number of ether oxygens (including phenoxy) is 1. The van der Waals surface area contributed by atoms with Crippen LogP contribution in [0.15, 0.2) is 41.4 Å². The Hall–Kier alpha value is -2.92. The Bertz CT molecular complexity index is 1330. The molecule has 0 aliphatic carbocycles. The number of aliphatic carboxylic acids is 1. The summed E-state index contributed by atoms with van der Waals surface area (Å²) >= 11 is 0.987. The molecule has 210 valence electrons. The van der Waals surface area contributed by atoms with E-state index in [0.29, 0.717) is 48.1 Å². The van der Waals surface area contributed by atoms with Crippen LogP contribution in [0.3, 0.4) is 0 Å². The van der Waals surface area contributed by atoms with Crippen molar-refractivity contribution < 1.29 is 36.6 Å². The molecule has 39 heavy (non-hydrogen) atoms. The van der Waals surface area contributed by atoms with E-state index in [9.17, 15) is 27.5 Å². The highest BCUT2D eigenvalue weighted by Crippen LogP contribution is 2.42. The lowest BCUT2D eigenvalue weighted by atomic mass is 9.74. The zero-order valence-corrected chi connectivity index (χ0v) is 22.2. The maximum absolute atomic E-state index is 15.7. The third-order valence-corrected chi connectivity index (χ3v) is 8.42. The molecule has 1 atom stereocenters. The first-order valence-electron chi connectivity index (χ1n) is 12.6. The average molecular weight is 569 g/mol. The Labute approximate surface area is 227 Å². The number of benzene rings is 2. The second-order valence-electron chi connectivity index (χ2n) is 9.70. The lowest BCUT2D eigenvalue weighted by Gasteiger charge is -2.39. The number of alkyl halides is 2. The first-order chi connectivity index (χ1) is 18.7. The molecule has 1 saturated heterocycles. The maximum atomic E-state index is 15.7. The summed E-state index contributed by atoms with van der Waals surface area (Å²) in [6, 6.07) is 6.39. The molecule has 0 spiro atoms. The number of fused-ring (bicyclic) bond motifs is 1. The van der Waals surface area contributed by atoms with Gasteiger partial charge in [0.15, 0.2) is 11.6 Å². The summed E-state index contributed by atoms with van der Waals surface area (Å²) in [6.07, 6.45) is 0.243. The van der Waals surface area contributed by atoms with E-state index in [1.54, 1.807) is 18.2 Å². The van der Waals surface area contributed by atoms with Gasteiger partial charge in [-0.05, 0) is 63.0 Å². The first-order valence-corrected chi connectivity index (χ1v) is 13.5. The van der Waals surface area contributed by atoms with Crippen LogP contribution in [0.4, 0.5) is 22.0 Å². The fourth-order valence-corrected chi connectivity index (χ4v) is 6.07. The van der Waals surface area contributed by atoms with Crippen molar-refractivity contribution in [2.45, 2.75) is 43.4 Å². The van der Waals surface area contributed by atoms with Crippen LogP contribution in [0.2, 0.25) is 0 Å². The topological polar surface area (TPSA) is 62.7 Å². The van der Waals surface area contributed by atoms with Gasteiger partial charge in [0.25, 0.3) is 0 Å². The van der Waals surface area contributed by atoms with Gasteiger partial charge in [-0.25, -0.2) is 22.0 Å². The van der Waals surface area contributed by atoms with Crippen molar-refractivity contribution in [3.63, 3.8) is 0 Å². The van der Waals surface area contributed by atoms with Crippen LogP contribution in [-0.4, -0.2) is 53.5 Å². The van der Waals surface area contributed by atoms with E-state index in [0.717, 1.165) is 17.8 Å². The molecule has 2 heterocycles. The molecule has 1 aliphatic heterocycles. The lowest BCUT2D eigenvalue weighted by molar-refractivity contribution is -0.153. The number of carbonyl (C=O) groups is 1. The molecule has 0 unspecified atom stereocenters. The number of thioether (sulfide) groups is 1. The highest BCUT2D eigenvalue weighted by Gasteiger charge is 2.41. The number of piperidine rings is 1. The van der Waals surface area contributed by atoms with Crippen LogP contribution >= 0.6 is 11.8 Å². The minimum Gasteiger partial charge on any atom is -0.497 e. The van der Waals surface area contributed by atoms with Crippen molar-refractivity contribution in [1.29, 1.82) is 0 Å². The molecular formula is C28H29F5N2O3S. The predicted molar refractivity (Wildman–Crippen MR) is 139 cm³/mol. The highest BCUT2D eigenvalue weighted by atomic mass is 32.2. The molecule has 0 saturated carbocycles. The van der Waals surface area contributed by atoms with Gasteiger partial charge in [0, 0.05) is 46.0 Å². The summed E-state index contributed by atoms with van der Waals surface area (Å²) in [5, 5.41) is 10.5. The van der Waals surface area contributed by atoms with E-state index in [2.05, 4.69) is 4.98 Å². The van der Waals surface area contributed by atoms with Gasteiger partial charge in [-0.3, -0.25) is 9.78 Å². The fraction of sp³-hybridized carbons (Fsp3) is 0.429. The number of hydrogen-bond acceptors (Lipinski definition) is 5. The normalized spacial score (nSPS) is 16.4. The summed E-state index contributed by atoms with van der Waals surface area (Å²) in [7, 11) is 1.47. The molecule has 1 fully saturated rings. The molecule has 2 aromatic carbocycles. The third-order valence-electron chi connectivity index (χ3n) is 7.42. The molecule has 3 aromatic rings. The molecule has 1 aliphatic rings. The number of carboxylic acids is 1. The molecule has 0 bridgehead atoms. The monoisotopic (exact) mass is 568 g/mol. The van der Waals surface area contributed by atoms with Crippen LogP contribution in [0, 0.1) is 22.9 Å². The molecule has 0 radical (unpaired) electrons. The molecule has 0 amide bonds. The number of nitrogens with zero attached hydrogens (tertiary/aromatic N) is 2. The second kappa shape index (κ2) is 12.5. The quantitative estimate of drug-likeness (QED) is 0.155. The van der Waals surface area contributed by atoms with E-state index in [-0.39, 0.29) is 41.7 Å². The summed E-state index contributed by atoms with van der Waals surface area (Å²) in [5.41, 5.74) is -0.361. The smallest absolute Gasteiger partial charge is 0.309 e. The molecule has 1 N–H and O–H groups in total. The van der Waals surface area contributed by atoms with Gasteiger partial charge in [-0.15, -0.1) is 11.8 Å². The number of aromatic nitrogens is 1. The van der Waals surface area contributed by atoms with Crippen LogP contribution in [-0.2, 0) is 11.5 Å². The SMILES string of the molecule is COc1ccc2ncc(CF)c([C@@H](F)CCC3(C(=O)O)CCN(CCSc4cc(F)cc(F)c4F)CC3)c2c1. The second-order valence-corrected chi connectivity index (χ2v) is 10.8. The minimum atomic E-state index is -1.60. The van der Waals surface area contributed by atoms with Crippen molar-refractivity contribution in [3.8, 4) is 5.75 Å². The number of rotatable bonds is 11. The molecule has 4 rings (SSSR count). The van der Waals surface area contributed by atoms with Gasteiger partial charge in [-0.2, -0.15) is 0 Å². The molecule has 5 nitrogen and oxygen atoms in total. The Morgan fingerprint density at radius 2 is 1.95 bits per heavy atom. The van der Waals surface area contributed by atoms with Gasteiger partial charge in [-0.1, -0.05) is 0 Å². The van der Waals surface area contributed by atoms with Gasteiger partial charge >= 0.3 is 5.97 Å². The number of hydrogen-bond donors (Lipinski definition) is 1. The predicted octanol–water partition coefficient (Wildman–Crippen LogP) is 6.88. The number of likely N-dealkylation sites (tertiary alicyclic amines) is 1. The largest absolute Gasteiger partial charge is 0.497 e. The zero-order chi connectivity index (χ0) is 28.2. The van der Waals surface area contributed by atoms with Gasteiger partial charge in [0.2, 0.25) is 0 Å². The average Bonchev–Trinajstić information content (AvgIpc) is 2.93.